The first-order valence-corrected chi connectivity index (χ1v) is 10.3. The number of hydrogen-bond acceptors (Lipinski definition) is 5. The van der Waals surface area contributed by atoms with E-state index < -0.39 is 0 Å². The minimum Gasteiger partial charge on any atom is -0.379 e. The van der Waals surface area contributed by atoms with Crippen LogP contribution in [0.3, 0.4) is 0 Å². The molecule has 1 aliphatic rings. The lowest BCUT2D eigenvalue weighted by atomic mass is 10.2. The predicted octanol–water partition coefficient (Wildman–Crippen LogP) is 2.45. The Morgan fingerprint density at radius 2 is 2.07 bits per heavy atom. The van der Waals surface area contributed by atoms with E-state index in [0.29, 0.717) is 12.6 Å². The van der Waals surface area contributed by atoms with Gasteiger partial charge < -0.3 is 15.4 Å². The molecule has 1 saturated heterocycles. The highest BCUT2D eigenvalue weighted by molar-refractivity contribution is 14.0. The zero-order valence-electron chi connectivity index (χ0n) is 17.1. The Hall–Kier alpha value is -1.17. The van der Waals surface area contributed by atoms with Gasteiger partial charge in [0.05, 0.1) is 24.9 Å². The van der Waals surface area contributed by atoms with Gasteiger partial charge in [-0.25, -0.2) is 0 Å². The molecular formula is C19H31IN6OS. The summed E-state index contributed by atoms with van der Waals surface area (Å²) in [4.78, 5) is 8.26. The summed E-state index contributed by atoms with van der Waals surface area (Å²) in [6, 6.07) is 4.66. The van der Waals surface area contributed by atoms with E-state index in [1.165, 1.54) is 16.1 Å². The van der Waals surface area contributed by atoms with Gasteiger partial charge in [0.1, 0.15) is 0 Å². The summed E-state index contributed by atoms with van der Waals surface area (Å²) in [5.41, 5.74) is 3.46. The summed E-state index contributed by atoms with van der Waals surface area (Å²) in [6.45, 7) is 9.19. The fourth-order valence-electron chi connectivity index (χ4n) is 3.44. The van der Waals surface area contributed by atoms with E-state index >= 15 is 0 Å². The summed E-state index contributed by atoms with van der Waals surface area (Å²) in [6.07, 6.45) is 0. The van der Waals surface area contributed by atoms with Crippen LogP contribution in [0.4, 0.5) is 0 Å². The van der Waals surface area contributed by atoms with Gasteiger partial charge >= 0.3 is 0 Å². The monoisotopic (exact) mass is 518 g/mol. The SMILES string of the molecule is CN=C(NCc1c(C)nn(C)c1C)NCC(c1cccs1)N1CCOCC1.I. The van der Waals surface area contributed by atoms with Crippen LogP contribution in [0.5, 0.6) is 0 Å². The first-order valence-electron chi connectivity index (χ1n) is 9.39. The average Bonchev–Trinajstić information content (AvgIpc) is 3.29. The van der Waals surface area contributed by atoms with Gasteiger partial charge in [-0.2, -0.15) is 5.10 Å². The van der Waals surface area contributed by atoms with Gasteiger partial charge in [0.25, 0.3) is 0 Å². The summed E-state index contributed by atoms with van der Waals surface area (Å²) in [7, 11) is 3.79. The zero-order chi connectivity index (χ0) is 19.2. The van der Waals surface area contributed by atoms with Crippen molar-refractivity contribution in [3.05, 3.63) is 39.3 Å². The molecule has 2 aromatic rings. The second-order valence-corrected chi connectivity index (χ2v) is 7.74. The minimum absolute atomic E-state index is 0. The molecule has 0 aliphatic carbocycles. The van der Waals surface area contributed by atoms with Gasteiger partial charge in [0.15, 0.2) is 5.96 Å². The number of ether oxygens (including phenoxy) is 1. The molecule has 7 nitrogen and oxygen atoms in total. The number of rotatable bonds is 6. The third-order valence-corrected chi connectivity index (χ3v) is 6.11. The van der Waals surface area contributed by atoms with E-state index in [1.54, 1.807) is 0 Å². The Kier molecular flexibility index (Phi) is 9.19. The van der Waals surface area contributed by atoms with Crippen molar-refractivity contribution in [3.8, 4) is 0 Å². The highest BCUT2D eigenvalue weighted by Gasteiger charge is 2.23. The molecule has 0 bridgehead atoms. The molecule has 1 fully saturated rings. The molecule has 156 valence electrons. The first-order chi connectivity index (χ1) is 13.1. The maximum atomic E-state index is 5.52. The Morgan fingerprint density at radius 1 is 1.32 bits per heavy atom. The average molecular weight is 518 g/mol. The van der Waals surface area contributed by atoms with Crippen LogP contribution in [-0.4, -0.2) is 60.5 Å². The van der Waals surface area contributed by atoms with Gasteiger partial charge in [0.2, 0.25) is 0 Å². The van der Waals surface area contributed by atoms with Gasteiger partial charge in [-0.15, -0.1) is 35.3 Å². The molecule has 1 aliphatic heterocycles. The number of nitrogens with one attached hydrogen (secondary N) is 2. The Morgan fingerprint density at radius 3 is 2.64 bits per heavy atom. The van der Waals surface area contributed by atoms with E-state index in [4.69, 9.17) is 4.74 Å². The molecule has 3 rings (SSSR count). The summed E-state index contributed by atoms with van der Waals surface area (Å²) < 4.78 is 7.45. The molecule has 0 radical (unpaired) electrons. The maximum absolute atomic E-state index is 5.52. The lowest BCUT2D eigenvalue weighted by molar-refractivity contribution is 0.0177. The van der Waals surface area contributed by atoms with Crippen molar-refractivity contribution in [1.29, 1.82) is 0 Å². The van der Waals surface area contributed by atoms with Gasteiger partial charge in [-0.3, -0.25) is 14.6 Å². The quantitative estimate of drug-likeness (QED) is 0.350. The fourth-order valence-corrected chi connectivity index (χ4v) is 4.30. The zero-order valence-corrected chi connectivity index (χ0v) is 20.2. The molecule has 0 amide bonds. The molecule has 0 spiro atoms. The number of hydrogen-bond donors (Lipinski definition) is 2. The minimum atomic E-state index is 0. The van der Waals surface area contributed by atoms with E-state index in [-0.39, 0.29) is 24.0 Å². The molecule has 9 heteroatoms. The number of nitrogens with zero attached hydrogens (tertiary/aromatic N) is 4. The van der Waals surface area contributed by atoms with Gasteiger partial charge in [0, 0.05) is 56.4 Å². The lowest BCUT2D eigenvalue weighted by Gasteiger charge is -2.34. The van der Waals surface area contributed by atoms with E-state index in [2.05, 4.69) is 50.1 Å². The van der Waals surface area contributed by atoms with Crippen LogP contribution < -0.4 is 10.6 Å². The normalized spacial score (nSPS) is 16.5. The second-order valence-electron chi connectivity index (χ2n) is 6.76. The molecule has 2 aromatic heterocycles. The number of guanidine groups is 1. The summed E-state index contributed by atoms with van der Waals surface area (Å²) in [5.74, 6) is 0.812. The van der Waals surface area contributed by atoms with Crippen molar-refractivity contribution in [2.45, 2.75) is 26.4 Å². The number of aryl methyl sites for hydroxylation is 2. The fraction of sp³-hybridized carbons (Fsp3) is 0.579. The second kappa shape index (κ2) is 11.1. The van der Waals surface area contributed by atoms with Crippen molar-refractivity contribution < 1.29 is 4.74 Å². The maximum Gasteiger partial charge on any atom is 0.191 e. The van der Waals surface area contributed by atoms with Crippen LogP contribution in [0.1, 0.15) is 27.9 Å². The standard InChI is InChI=1S/C19H30N6OS.HI/c1-14-16(15(2)24(4)23-14)12-21-19(20-3)22-13-17(18-6-5-11-27-18)25-7-9-26-10-8-25;/h5-6,11,17H,7-10,12-13H2,1-4H3,(H2,20,21,22);1H. The van der Waals surface area contributed by atoms with Crippen LogP contribution in [0, 0.1) is 13.8 Å². The number of morpholine rings is 1. The predicted molar refractivity (Wildman–Crippen MR) is 126 cm³/mol. The van der Waals surface area contributed by atoms with Crippen molar-refractivity contribution >= 4 is 41.3 Å². The molecule has 0 saturated carbocycles. The highest BCUT2D eigenvalue weighted by atomic mass is 127. The van der Waals surface area contributed by atoms with Crippen LogP contribution >= 0.6 is 35.3 Å². The smallest absolute Gasteiger partial charge is 0.191 e. The topological polar surface area (TPSA) is 66.7 Å². The van der Waals surface area contributed by atoms with Crippen LogP contribution in [0.2, 0.25) is 0 Å². The summed E-state index contributed by atoms with van der Waals surface area (Å²) >= 11 is 1.81. The third kappa shape index (κ3) is 5.68. The number of aromatic nitrogens is 2. The molecule has 2 N–H and O–H groups in total. The van der Waals surface area contributed by atoms with Crippen molar-refractivity contribution in [2.24, 2.45) is 12.0 Å². The van der Waals surface area contributed by atoms with Crippen molar-refractivity contribution in [1.82, 2.24) is 25.3 Å². The highest BCUT2D eigenvalue weighted by Crippen LogP contribution is 2.25. The Balaban J connectivity index is 0.00000280. The summed E-state index contributed by atoms with van der Waals surface area (Å²) in [5, 5.41) is 13.6. The van der Waals surface area contributed by atoms with Crippen LogP contribution in [0.15, 0.2) is 22.5 Å². The van der Waals surface area contributed by atoms with Gasteiger partial charge in [-0.05, 0) is 25.3 Å². The Labute approximate surface area is 188 Å². The van der Waals surface area contributed by atoms with Crippen LogP contribution in [-0.2, 0) is 18.3 Å². The molecule has 1 unspecified atom stereocenters. The Bertz CT molecular complexity index is 755. The molecule has 1 atom stereocenters. The van der Waals surface area contributed by atoms with Crippen LogP contribution in [0.25, 0.3) is 0 Å². The first kappa shape index (κ1) is 23.1. The van der Waals surface area contributed by atoms with Crippen molar-refractivity contribution in [2.75, 3.05) is 39.9 Å². The third-order valence-electron chi connectivity index (χ3n) is 5.14. The van der Waals surface area contributed by atoms with E-state index in [0.717, 1.165) is 44.5 Å². The number of thiophene rings is 1. The van der Waals surface area contributed by atoms with Crippen molar-refractivity contribution in [3.63, 3.8) is 0 Å². The molecule has 0 aromatic carbocycles. The lowest BCUT2D eigenvalue weighted by Crippen LogP contribution is -2.46. The molecule has 3 heterocycles. The van der Waals surface area contributed by atoms with Gasteiger partial charge in [-0.1, -0.05) is 6.07 Å². The van der Waals surface area contributed by atoms with E-state index in [1.807, 2.05) is 37.0 Å². The largest absolute Gasteiger partial charge is 0.379 e. The molecule has 28 heavy (non-hydrogen) atoms. The molecular weight excluding hydrogens is 487 g/mol. The number of halogens is 1. The van der Waals surface area contributed by atoms with E-state index in [9.17, 15) is 0 Å². The number of aliphatic imine (C=N–C) groups is 1.